The first-order valence-electron chi connectivity index (χ1n) is 9.01. The Morgan fingerprint density at radius 3 is 2.48 bits per heavy atom. The minimum Gasteiger partial charge on any atom is -0.364 e. The van der Waals surface area contributed by atoms with Gasteiger partial charge in [0, 0.05) is 25.3 Å². The van der Waals surface area contributed by atoms with Gasteiger partial charge >= 0.3 is 0 Å². The zero-order valence-corrected chi connectivity index (χ0v) is 15.7. The maximum absolute atomic E-state index is 12.4. The molecule has 1 N–H and O–H groups in total. The molecule has 0 saturated carbocycles. The fourth-order valence-electron chi connectivity index (χ4n) is 2.64. The molecule has 0 fully saturated rings. The van der Waals surface area contributed by atoms with E-state index in [4.69, 9.17) is 0 Å². The van der Waals surface area contributed by atoms with Crippen LogP contribution in [-0.2, 0) is 6.54 Å². The average molecular weight is 339 g/mol. The van der Waals surface area contributed by atoms with E-state index in [1.54, 1.807) is 6.20 Å². The van der Waals surface area contributed by atoms with Crippen LogP contribution in [0.25, 0.3) is 0 Å². The molecule has 4 nitrogen and oxygen atoms in total. The normalized spacial score (nSPS) is 11.0. The minimum absolute atomic E-state index is 0.0570. The molecule has 0 aliphatic carbocycles. The van der Waals surface area contributed by atoms with E-state index in [0.29, 0.717) is 24.1 Å². The average Bonchev–Trinajstić information content (AvgIpc) is 2.60. The van der Waals surface area contributed by atoms with Crippen LogP contribution >= 0.6 is 0 Å². The highest BCUT2D eigenvalue weighted by Crippen LogP contribution is 2.20. The van der Waals surface area contributed by atoms with Gasteiger partial charge in [0.05, 0.1) is 17.4 Å². The van der Waals surface area contributed by atoms with Gasteiger partial charge in [0.15, 0.2) is 0 Å². The molecule has 0 radical (unpaired) electrons. The van der Waals surface area contributed by atoms with E-state index in [2.05, 4.69) is 55.0 Å². The first-order valence-corrected chi connectivity index (χ1v) is 9.01. The van der Waals surface area contributed by atoms with Crippen LogP contribution in [0.4, 0.5) is 5.69 Å². The lowest BCUT2D eigenvalue weighted by atomic mass is 10.1. The number of amides is 1. The van der Waals surface area contributed by atoms with Crippen molar-refractivity contribution in [2.24, 2.45) is 5.92 Å². The van der Waals surface area contributed by atoms with Gasteiger partial charge < -0.3 is 10.2 Å². The second-order valence-electron chi connectivity index (χ2n) is 7.08. The molecule has 134 valence electrons. The molecule has 0 spiro atoms. The van der Waals surface area contributed by atoms with E-state index in [1.165, 1.54) is 5.56 Å². The molecule has 0 unspecified atom stereocenters. The molecule has 1 aromatic carbocycles. The van der Waals surface area contributed by atoms with Crippen molar-refractivity contribution in [1.82, 2.24) is 10.3 Å². The molecule has 1 aromatic heterocycles. The van der Waals surface area contributed by atoms with Crippen molar-refractivity contribution < 1.29 is 4.79 Å². The van der Waals surface area contributed by atoms with Crippen molar-refractivity contribution in [3.8, 4) is 0 Å². The molecule has 1 heterocycles. The summed E-state index contributed by atoms with van der Waals surface area (Å²) in [6.07, 6.45) is 4.44. The topological polar surface area (TPSA) is 45.2 Å². The lowest BCUT2D eigenvalue weighted by Gasteiger charge is -2.29. The Morgan fingerprint density at radius 2 is 1.84 bits per heavy atom. The Bertz CT molecular complexity index is 668. The number of aromatic nitrogens is 1. The van der Waals surface area contributed by atoms with Gasteiger partial charge in [-0.2, -0.15) is 0 Å². The van der Waals surface area contributed by atoms with E-state index < -0.39 is 0 Å². The maximum atomic E-state index is 12.4. The Morgan fingerprint density at radius 1 is 1.12 bits per heavy atom. The number of nitrogens with zero attached hydrogens (tertiary/aromatic N) is 2. The van der Waals surface area contributed by atoms with Gasteiger partial charge in [-0.1, -0.05) is 44.2 Å². The molecule has 0 bridgehead atoms. The summed E-state index contributed by atoms with van der Waals surface area (Å²) < 4.78 is 0. The second kappa shape index (κ2) is 9.21. The summed E-state index contributed by atoms with van der Waals surface area (Å²) in [5.74, 6) is 0.519. The molecular formula is C21H29N3O. The van der Waals surface area contributed by atoms with Crippen LogP contribution in [0, 0.1) is 5.92 Å². The van der Waals surface area contributed by atoms with Crippen LogP contribution in [0.15, 0.2) is 48.8 Å². The zero-order chi connectivity index (χ0) is 18.2. The Labute approximate surface area is 151 Å². The number of nitrogens with one attached hydrogen (secondary N) is 1. The highest BCUT2D eigenvalue weighted by Gasteiger charge is 2.14. The molecule has 25 heavy (non-hydrogen) atoms. The molecule has 0 atom stereocenters. The minimum atomic E-state index is -0.0570. The predicted octanol–water partition coefficient (Wildman–Crippen LogP) is 4.27. The highest BCUT2D eigenvalue weighted by molar-refractivity contribution is 5.94. The van der Waals surface area contributed by atoms with Crippen molar-refractivity contribution in [3.63, 3.8) is 0 Å². The molecule has 0 aliphatic rings. The molecule has 1 amide bonds. The fourth-order valence-corrected chi connectivity index (χ4v) is 2.64. The summed E-state index contributed by atoms with van der Waals surface area (Å²) in [5.41, 5.74) is 2.82. The van der Waals surface area contributed by atoms with Crippen LogP contribution in [-0.4, -0.2) is 23.5 Å². The van der Waals surface area contributed by atoms with Crippen molar-refractivity contribution >= 4 is 11.6 Å². The number of benzene rings is 1. The Hall–Kier alpha value is -2.36. The number of hydrogen-bond donors (Lipinski definition) is 1. The maximum Gasteiger partial charge on any atom is 0.252 e. The van der Waals surface area contributed by atoms with Gasteiger partial charge in [-0.15, -0.1) is 0 Å². The van der Waals surface area contributed by atoms with Gasteiger partial charge in [0.25, 0.3) is 5.91 Å². The third-order valence-electron chi connectivity index (χ3n) is 4.14. The van der Waals surface area contributed by atoms with Crippen molar-refractivity contribution in [2.75, 3.05) is 11.4 Å². The van der Waals surface area contributed by atoms with Gasteiger partial charge in [-0.3, -0.25) is 9.78 Å². The quantitative estimate of drug-likeness (QED) is 0.781. The number of carbonyl (C=O) groups excluding carboxylic acids is 1. The van der Waals surface area contributed by atoms with E-state index in [9.17, 15) is 4.79 Å². The Balaban J connectivity index is 2.12. The van der Waals surface area contributed by atoms with Crippen LogP contribution in [0.3, 0.4) is 0 Å². The summed E-state index contributed by atoms with van der Waals surface area (Å²) >= 11 is 0. The number of hydrogen-bond acceptors (Lipinski definition) is 3. The van der Waals surface area contributed by atoms with E-state index in [1.807, 2.05) is 30.5 Å². The fraction of sp³-hybridized carbons (Fsp3) is 0.429. The number of carbonyl (C=O) groups is 1. The SMILES string of the molecule is CC(C)CCNC(=O)c1cncc(N(Cc2ccccc2)C(C)C)c1. The number of pyridine rings is 1. The van der Waals surface area contributed by atoms with E-state index >= 15 is 0 Å². The summed E-state index contributed by atoms with van der Waals surface area (Å²) in [5, 5.41) is 2.98. The Kier molecular flexibility index (Phi) is 6.99. The number of rotatable bonds is 8. The highest BCUT2D eigenvalue weighted by atomic mass is 16.1. The largest absolute Gasteiger partial charge is 0.364 e. The monoisotopic (exact) mass is 339 g/mol. The third-order valence-corrected chi connectivity index (χ3v) is 4.14. The standard InChI is InChI=1S/C21H29N3O/c1-16(2)10-11-23-21(25)19-12-20(14-22-13-19)24(17(3)4)15-18-8-6-5-7-9-18/h5-9,12-14,16-17H,10-11,15H2,1-4H3,(H,23,25). The number of anilines is 1. The van der Waals surface area contributed by atoms with Crippen LogP contribution in [0.5, 0.6) is 0 Å². The predicted molar refractivity (Wildman–Crippen MR) is 104 cm³/mol. The molecular weight excluding hydrogens is 310 g/mol. The van der Waals surface area contributed by atoms with Gasteiger partial charge in [0.1, 0.15) is 0 Å². The summed E-state index contributed by atoms with van der Waals surface area (Å²) in [6, 6.07) is 12.6. The molecule has 2 rings (SSSR count). The zero-order valence-electron chi connectivity index (χ0n) is 15.7. The van der Waals surface area contributed by atoms with Crippen LogP contribution < -0.4 is 10.2 Å². The smallest absolute Gasteiger partial charge is 0.252 e. The lowest BCUT2D eigenvalue weighted by molar-refractivity contribution is 0.0951. The summed E-state index contributed by atoms with van der Waals surface area (Å²) in [7, 11) is 0. The van der Waals surface area contributed by atoms with Gasteiger partial charge in [0.2, 0.25) is 0 Å². The van der Waals surface area contributed by atoms with Crippen molar-refractivity contribution in [1.29, 1.82) is 0 Å². The van der Waals surface area contributed by atoms with E-state index in [-0.39, 0.29) is 5.91 Å². The summed E-state index contributed by atoms with van der Waals surface area (Å²) in [6.45, 7) is 10.1. The second-order valence-corrected chi connectivity index (χ2v) is 7.08. The van der Waals surface area contributed by atoms with Crippen molar-refractivity contribution in [3.05, 3.63) is 59.9 Å². The first kappa shape index (κ1) is 19.0. The molecule has 0 aliphatic heterocycles. The van der Waals surface area contributed by atoms with E-state index in [0.717, 1.165) is 18.7 Å². The van der Waals surface area contributed by atoms with Crippen LogP contribution in [0.1, 0.15) is 50.0 Å². The van der Waals surface area contributed by atoms with Gasteiger partial charge in [-0.25, -0.2) is 0 Å². The summed E-state index contributed by atoms with van der Waals surface area (Å²) in [4.78, 5) is 18.9. The third kappa shape index (κ3) is 5.89. The van der Waals surface area contributed by atoms with Gasteiger partial charge in [-0.05, 0) is 37.8 Å². The molecule has 2 aromatic rings. The van der Waals surface area contributed by atoms with Crippen LogP contribution in [0.2, 0.25) is 0 Å². The first-order chi connectivity index (χ1) is 12.0. The molecule has 4 heteroatoms. The molecule has 0 saturated heterocycles. The lowest BCUT2D eigenvalue weighted by Crippen LogP contribution is -2.31. The van der Waals surface area contributed by atoms with Crippen molar-refractivity contribution in [2.45, 2.75) is 46.7 Å².